The molecule has 0 aliphatic heterocycles. The summed E-state index contributed by atoms with van der Waals surface area (Å²) in [5, 5.41) is 5.17. The minimum Gasteiger partial charge on any atom is -0.265 e. The van der Waals surface area contributed by atoms with Gasteiger partial charge in [-0.25, -0.2) is 13.4 Å². The molecule has 0 aliphatic carbocycles. The van der Waals surface area contributed by atoms with Gasteiger partial charge in [-0.15, -0.1) is 0 Å². The van der Waals surface area contributed by atoms with E-state index in [4.69, 9.17) is 0 Å². The minimum absolute atomic E-state index is 0.0450. The Morgan fingerprint density at radius 1 is 1.44 bits per heavy atom. The first-order valence-corrected chi connectivity index (χ1v) is 6.63. The van der Waals surface area contributed by atoms with Crippen molar-refractivity contribution in [2.24, 2.45) is 7.05 Å². The Labute approximate surface area is 94.0 Å². The van der Waals surface area contributed by atoms with Gasteiger partial charge in [-0.2, -0.15) is 5.10 Å². The second kappa shape index (κ2) is 3.55. The molecule has 6 heteroatoms. The number of hydrogen-bond donors (Lipinski definition) is 0. The number of rotatable bonds is 2. The maximum atomic E-state index is 11.9. The van der Waals surface area contributed by atoms with Gasteiger partial charge in [-0.05, 0) is 13.0 Å². The molecule has 0 bridgehead atoms. The van der Waals surface area contributed by atoms with Crippen molar-refractivity contribution < 1.29 is 8.42 Å². The van der Waals surface area contributed by atoms with Gasteiger partial charge >= 0.3 is 0 Å². The molecule has 0 fully saturated rings. The van der Waals surface area contributed by atoms with Crippen LogP contribution >= 0.6 is 0 Å². The number of aromatic nitrogens is 3. The summed E-state index contributed by atoms with van der Waals surface area (Å²) in [7, 11) is -1.58. The van der Waals surface area contributed by atoms with E-state index in [0.717, 1.165) is 11.1 Å². The number of nitrogens with zero attached hydrogens (tertiary/aromatic N) is 3. The molecule has 0 radical (unpaired) electrons. The Morgan fingerprint density at radius 3 is 2.75 bits per heavy atom. The smallest absolute Gasteiger partial charge is 0.197 e. The maximum absolute atomic E-state index is 11.9. The fourth-order valence-electron chi connectivity index (χ4n) is 1.73. The van der Waals surface area contributed by atoms with E-state index in [9.17, 15) is 8.42 Å². The molecule has 2 aromatic heterocycles. The lowest BCUT2D eigenvalue weighted by Gasteiger charge is -2.03. The van der Waals surface area contributed by atoms with Gasteiger partial charge < -0.3 is 0 Å². The number of hydrogen-bond acceptors (Lipinski definition) is 4. The molecule has 0 spiro atoms. The molecule has 0 amide bonds. The van der Waals surface area contributed by atoms with Crippen molar-refractivity contribution in [3.63, 3.8) is 0 Å². The normalized spacial score (nSPS) is 12.2. The molecular weight excluding hydrogens is 226 g/mol. The molecule has 2 rings (SSSR count). The summed E-state index contributed by atoms with van der Waals surface area (Å²) in [4.78, 5) is 3.97. The minimum atomic E-state index is -3.31. The fourth-order valence-corrected chi connectivity index (χ4v) is 2.76. The Bertz CT molecular complexity index is 643. The van der Waals surface area contributed by atoms with E-state index in [2.05, 4.69) is 10.1 Å². The van der Waals surface area contributed by atoms with Gasteiger partial charge in [0.2, 0.25) is 0 Å². The van der Waals surface area contributed by atoms with E-state index in [1.54, 1.807) is 24.7 Å². The van der Waals surface area contributed by atoms with Crippen LogP contribution in [0.1, 0.15) is 12.6 Å². The molecule has 86 valence electrons. The zero-order valence-electron chi connectivity index (χ0n) is 9.43. The molecule has 0 atom stereocenters. The highest BCUT2D eigenvalue weighted by Gasteiger charge is 2.20. The van der Waals surface area contributed by atoms with Crippen molar-refractivity contribution in [3.8, 4) is 0 Å². The van der Waals surface area contributed by atoms with Gasteiger partial charge in [0.1, 0.15) is 5.52 Å². The third-order valence-corrected chi connectivity index (χ3v) is 4.23. The molecule has 0 aliphatic rings. The predicted octanol–water partition coefficient (Wildman–Crippen LogP) is 1.07. The van der Waals surface area contributed by atoms with Crippen LogP contribution in [0.15, 0.2) is 17.3 Å². The van der Waals surface area contributed by atoms with Crippen LogP contribution in [0.4, 0.5) is 0 Å². The zero-order chi connectivity index (χ0) is 11.9. The monoisotopic (exact) mass is 239 g/mol. The van der Waals surface area contributed by atoms with Crippen LogP contribution in [-0.4, -0.2) is 28.9 Å². The lowest BCUT2D eigenvalue weighted by Crippen LogP contribution is -2.08. The lowest BCUT2D eigenvalue weighted by molar-refractivity contribution is 0.593. The quantitative estimate of drug-likeness (QED) is 0.786. The molecule has 0 saturated carbocycles. The van der Waals surface area contributed by atoms with E-state index < -0.39 is 9.84 Å². The van der Waals surface area contributed by atoms with Crippen molar-refractivity contribution in [1.82, 2.24) is 14.8 Å². The standard InChI is InChI=1S/C10H13N3O2S/c1-4-16(14,15)10-9-8(5-6-11-10)7(2)12-13(9)3/h5-6H,4H2,1-3H3. The molecule has 0 unspecified atom stereocenters. The van der Waals surface area contributed by atoms with Gasteiger partial charge in [0.05, 0.1) is 11.4 Å². The van der Waals surface area contributed by atoms with Gasteiger partial charge in [0, 0.05) is 18.6 Å². The van der Waals surface area contributed by atoms with Crippen molar-refractivity contribution >= 4 is 20.7 Å². The van der Waals surface area contributed by atoms with Crippen LogP contribution in [0.5, 0.6) is 0 Å². The Kier molecular flexibility index (Phi) is 2.46. The number of fused-ring (bicyclic) bond motifs is 1. The van der Waals surface area contributed by atoms with Crippen LogP contribution in [-0.2, 0) is 16.9 Å². The largest absolute Gasteiger partial charge is 0.265 e. The second-order valence-electron chi connectivity index (χ2n) is 3.62. The predicted molar refractivity (Wildman–Crippen MR) is 61.0 cm³/mol. The first kappa shape index (κ1) is 11.1. The summed E-state index contributed by atoms with van der Waals surface area (Å²) in [5.74, 6) is 0.0450. The lowest BCUT2D eigenvalue weighted by atomic mass is 10.3. The van der Waals surface area contributed by atoms with Crippen LogP contribution < -0.4 is 0 Å². The molecule has 0 aromatic carbocycles. The molecule has 0 N–H and O–H groups in total. The van der Waals surface area contributed by atoms with Gasteiger partial charge in [0.15, 0.2) is 14.9 Å². The van der Waals surface area contributed by atoms with Crippen LogP contribution in [0.3, 0.4) is 0 Å². The van der Waals surface area contributed by atoms with Gasteiger partial charge in [-0.3, -0.25) is 4.68 Å². The van der Waals surface area contributed by atoms with Crippen molar-refractivity contribution in [3.05, 3.63) is 18.0 Å². The zero-order valence-corrected chi connectivity index (χ0v) is 10.2. The number of sulfone groups is 1. The van der Waals surface area contributed by atoms with E-state index >= 15 is 0 Å². The summed E-state index contributed by atoms with van der Waals surface area (Å²) in [5.41, 5.74) is 1.40. The van der Waals surface area contributed by atoms with Crippen molar-refractivity contribution in [1.29, 1.82) is 0 Å². The highest BCUT2D eigenvalue weighted by molar-refractivity contribution is 7.91. The summed E-state index contributed by atoms with van der Waals surface area (Å²) >= 11 is 0. The SMILES string of the molecule is CCS(=O)(=O)c1nccc2c(C)nn(C)c12. The number of aryl methyl sites for hydroxylation is 2. The summed E-state index contributed by atoms with van der Waals surface area (Å²) < 4.78 is 25.3. The summed E-state index contributed by atoms with van der Waals surface area (Å²) in [6.45, 7) is 3.46. The molecular formula is C10H13N3O2S. The molecule has 0 saturated heterocycles. The first-order valence-electron chi connectivity index (χ1n) is 4.98. The van der Waals surface area contributed by atoms with Gasteiger partial charge in [-0.1, -0.05) is 6.92 Å². The maximum Gasteiger partial charge on any atom is 0.197 e. The fraction of sp³-hybridized carbons (Fsp3) is 0.400. The first-order chi connectivity index (χ1) is 7.47. The van der Waals surface area contributed by atoms with E-state index in [1.807, 2.05) is 6.92 Å². The third kappa shape index (κ3) is 1.49. The molecule has 2 heterocycles. The van der Waals surface area contributed by atoms with Crippen molar-refractivity contribution in [2.75, 3.05) is 5.75 Å². The Balaban J connectivity index is 2.92. The van der Waals surface area contributed by atoms with Gasteiger partial charge in [0.25, 0.3) is 0 Å². The summed E-state index contributed by atoms with van der Waals surface area (Å²) in [6.07, 6.45) is 1.51. The van der Waals surface area contributed by atoms with E-state index in [1.165, 1.54) is 6.20 Å². The average Bonchev–Trinajstić information content (AvgIpc) is 2.55. The topological polar surface area (TPSA) is 64.8 Å². The summed E-state index contributed by atoms with van der Waals surface area (Å²) in [6, 6.07) is 1.78. The van der Waals surface area contributed by atoms with E-state index in [0.29, 0.717) is 5.52 Å². The van der Waals surface area contributed by atoms with Crippen LogP contribution in [0, 0.1) is 6.92 Å². The van der Waals surface area contributed by atoms with Crippen LogP contribution in [0.2, 0.25) is 0 Å². The molecule has 2 aromatic rings. The highest BCUT2D eigenvalue weighted by Crippen LogP contribution is 2.23. The highest BCUT2D eigenvalue weighted by atomic mass is 32.2. The second-order valence-corrected chi connectivity index (χ2v) is 5.82. The van der Waals surface area contributed by atoms with Crippen molar-refractivity contribution in [2.45, 2.75) is 18.9 Å². The molecule has 16 heavy (non-hydrogen) atoms. The molecule has 5 nitrogen and oxygen atoms in total. The number of pyridine rings is 1. The Hall–Kier alpha value is -1.43. The Morgan fingerprint density at radius 2 is 2.12 bits per heavy atom. The average molecular weight is 239 g/mol. The van der Waals surface area contributed by atoms with Crippen LogP contribution in [0.25, 0.3) is 10.9 Å². The third-order valence-electron chi connectivity index (χ3n) is 2.58. The van der Waals surface area contributed by atoms with E-state index in [-0.39, 0.29) is 10.8 Å².